The zero-order valence-corrected chi connectivity index (χ0v) is 19.3. The van der Waals surface area contributed by atoms with Crippen molar-refractivity contribution in [2.24, 2.45) is 0 Å². The maximum Gasteiger partial charge on any atom is 0.289 e. The zero-order valence-electron chi connectivity index (χ0n) is 17.8. The van der Waals surface area contributed by atoms with Gasteiger partial charge in [0.05, 0.1) is 17.7 Å². The zero-order chi connectivity index (χ0) is 23.1. The van der Waals surface area contributed by atoms with Crippen molar-refractivity contribution in [3.63, 3.8) is 0 Å². The Labute approximate surface area is 192 Å². The second-order valence-corrected chi connectivity index (χ2v) is 9.67. The third-order valence-electron chi connectivity index (χ3n) is 5.15. The Hall–Kier alpha value is -2.40. The van der Waals surface area contributed by atoms with Crippen LogP contribution in [-0.4, -0.2) is 87.3 Å². The summed E-state index contributed by atoms with van der Waals surface area (Å²) in [4.78, 5) is 28.5. The number of sulfonamides is 1. The van der Waals surface area contributed by atoms with Gasteiger partial charge in [-0.3, -0.25) is 9.59 Å². The fourth-order valence-electron chi connectivity index (χ4n) is 3.41. The molecule has 1 saturated heterocycles. The molecule has 0 N–H and O–H groups in total. The third-order valence-corrected chi connectivity index (χ3v) is 7.23. The lowest BCUT2D eigenvalue weighted by Gasteiger charge is -2.35. The van der Waals surface area contributed by atoms with Crippen LogP contribution < -0.4 is 0 Å². The van der Waals surface area contributed by atoms with E-state index in [9.17, 15) is 18.0 Å². The van der Waals surface area contributed by atoms with Crippen molar-refractivity contribution >= 4 is 33.4 Å². The summed E-state index contributed by atoms with van der Waals surface area (Å²) in [6.07, 6.45) is 1.88. The minimum atomic E-state index is -3.92. The van der Waals surface area contributed by atoms with Crippen molar-refractivity contribution < 1.29 is 27.2 Å². The number of halogens is 1. The molecule has 3 rings (SSSR count). The highest BCUT2D eigenvalue weighted by Gasteiger charge is 2.31. The number of carbonyl (C=O) groups is 2. The Kier molecular flexibility index (Phi) is 8.30. The molecule has 0 saturated carbocycles. The van der Waals surface area contributed by atoms with Gasteiger partial charge in [-0.1, -0.05) is 17.7 Å². The molecule has 0 aliphatic carbocycles. The van der Waals surface area contributed by atoms with E-state index in [4.69, 9.17) is 20.8 Å². The van der Waals surface area contributed by atoms with E-state index in [-0.39, 0.29) is 35.6 Å². The van der Waals surface area contributed by atoms with Gasteiger partial charge in [0, 0.05) is 51.5 Å². The number of hydrogen-bond acceptors (Lipinski definition) is 6. The number of piperazine rings is 1. The van der Waals surface area contributed by atoms with E-state index >= 15 is 0 Å². The quantitative estimate of drug-likeness (QED) is 0.505. The Morgan fingerprint density at radius 1 is 1.12 bits per heavy atom. The molecule has 1 fully saturated rings. The highest BCUT2D eigenvalue weighted by molar-refractivity contribution is 7.89. The van der Waals surface area contributed by atoms with Crippen molar-refractivity contribution in [1.29, 1.82) is 0 Å². The fourth-order valence-corrected chi connectivity index (χ4v) is 5.14. The molecule has 2 amide bonds. The van der Waals surface area contributed by atoms with Crippen LogP contribution in [-0.2, 0) is 19.6 Å². The molecular formula is C21H26ClN3O6S. The van der Waals surface area contributed by atoms with Gasteiger partial charge in [-0.25, -0.2) is 8.42 Å². The number of rotatable bonds is 9. The van der Waals surface area contributed by atoms with E-state index in [0.29, 0.717) is 44.2 Å². The van der Waals surface area contributed by atoms with E-state index in [1.165, 1.54) is 25.5 Å². The summed E-state index contributed by atoms with van der Waals surface area (Å²) >= 11 is 5.97. The first-order chi connectivity index (χ1) is 15.3. The van der Waals surface area contributed by atoms with Gasteiger partial charge in [-0.05, 0) is 36.8 Å². The largest absolute Gasteiger partial charge is 0.459 e. The molecule has 1 aliphatic heterocycles. The third kappa shape index (κ3) is 5.89. The number of nitrogens with zero attached hydrogens (tertiary/aromatic N) is 3. The molecule has 0 radical (unpaired) electrons. The van der Waals surface area contributed by atoms with Gasteiger partial charge in [-0.2, -0.15) is 4.31 Å². The number of benzene rings is 1. The number of hydrogen-bond donors (Lipinski definition) is 0. The number of furan rings is 1. The molecule has 2 heterocycles. The Morgan fingerprint density at radius 2 is 1.84 bits per heavy atom. The molecule has 2 aromatic rings. The number of methoxy groups -OCH3 is 1. The summed E-state index contributed by atoms with van der Waals surface area (Å²) in [5, 5.41) is 0.298. The van der Waals surface area contributed by atoms with Gasteiger partial charge < -0.3 is 19.0 Å². The highest BCUT2D eigenvalue weighted by atomic mass is 35.5. The van der Waals surface area contributed by atoms with Crippen LogP contribution in [0.3, 0.4) is 0 Å². The van der Waals surface area contributed by atoms with Crippen LogP contribution in [0.2, 0.25) is 5.02 Å². The summed E-state index contributed by atoms with van der Waals surface area (Å²) in [5.74, 6) is -0.299. The average molecular weight is 484 g/mol. The lowest BCUT2D eigenvalue weighted by Crippen LogP contribution is -2.53. The smallest absolute Gasteiger partial charge is 0.289 e. The first-order valence-corrected chi connectivity index (χ1v) is 12.0. The molecular weight excluding hydrogens is 458 g/mol. The summed E-state index contributed by atoms with van der Waals surface area (Å²) in [5.41, 5.74) is 0. The highest BCUT2D eigenvalue weighted by Crippen LogP contribution is 2.20. The van der Waals surface area contributed by atoms with Crippen LogP contribution in [0.5, 0.6) is 0 Å². The predicted octanol–water partition coefficient (Wildman–Crippen LogP) is 1.94. The second kappa shape index (κ2) is 11.0. The normalized spacial score (nSPS) is 14.7. The topological polar surface area (TPSA) is 100 Å². The average Bonchev–Trinajstić information content (AvgIpc) is 3.33. The van der Waals surface area contributed by atoms with Crippen molar-refractivity contribution in [2.45, 2.75) is 11.3 Å². The minimum absolute atomic E-state index is 0.0316. The molecule has 0 unspecified atom stereocenters. The summed E-state index contributed by atoms with van der Waals surface area (Å²) in [6, 6.07) is 9.20. The van der Waals surface area contributed by atoms with E-state index in [1.807, 2.05) is 0 Å². The maximum atomic E-state index is 13.2. The Balaban J connectivity index is 1.66. The molecule has 11 heteroatoms. The molecule has 1 aromatic carbocycles. The van der Waals surface area contributed by atoms with Gasteiger partial charge in [0.1, 0.15) is 0 Å². The minimum Gasteiger partial charge on any atom is -0.459 e. The van der Waals surface area contributed by atoms with Crippen molar-refractivity contribution in [1.82, 2.24) is 14.1 Å². The van der Waals surface area contributed by atoms with Crippen LogP contribution in [0, 0.1) is 0 Å². The molecule has 174 valence electrons. The van der Waals surface area contributed by atoms with Gasteiger partial charge in [0.25, 0.3) is 5.91 Å². The van der Waals surface area contributed by atoms with E-state index in [1.54, 1.807) is 34.1 Å². The molecule has 1 aromatic heterocycles. The molecule has 9 nitrogen and oxygen atoms in total. The van der Waals surface area contributed by atoms with Crippen LogP contribution >= 0.6 is 11.6 Å². The monoisotopic (exact) mass is 483 g/mol. The first-order valence-electron chi connectivity index (χ1n) is 10.2. The molecule has 1 aliphatic rings. The van der Waals surface area contributed by atoms with Crippen molar-refractivity contribution in [3.05, 3.63) is 53.4 Å². The SMILES string of the molecule is COCCCN(CC(=O)N1CCN(C(=O)c2ccco2)CC1)S(=O)(=O)c1cccc(Cl)c1. The summed E-state index contributed by atoms with van der Waals surface area (Å²) < 4.78 is 37.7. The van der Waals surface area contributed by atoms with Crippen LogP contribution in [0.15, 0.2) is 52.0 Å². The fraction of sp³-hybridized carbons (Fsp3) is 0.429. The van der Waals surface area contributed by atoms with Crippen LogP contribution in [0.4, 0.5) is 0 Å². The van der Waals surface area contributed by atoms with Gasteiger partial charge in [-0.15, -0.1) is 0 Å². The Morgan fingerprint density at radius 3 is 2.47 bits per heavy atom. The van der Waals surface area contributed by atoms with Crippen LogP contribution in [0.25, 0.3) is 0 Å². The summed E-state index contributed by atoms with van der Waals surface area (Å²) in [7, 11) is -2.39. The number of amides is 2. The van der Waals surface area contributed by atoms with E-state index < -0.39 is 10.0 Å². The van der Waals surface area contributed by atoms with Crippen molar-refractivity contribution in [2.75, 3.05) is 53.0 Å². The van der Waals surface area contributed by atoms with Crippen LogP contribution in [0.1, 0.15) is 17.0 Å². The molecule has 32 heavy (non-hydrogen) atoms. The van der Waals surface area contributed by atoms with E-state index in [0.717, 1.165) is 4.31 Å². The number of ether oxygens (including phenoxy) is 1. The van der Waals surface area contributed by atoms with Gasteiger partial charge in [0.2, 0.25) is 15.9 Å². The van der Waals surface area contributed by atoms with Crippen molar-refractivity contribution in [3.8, 4) is 0 Å². The van der Waals surface area contributed by atoms with Gasteiger partial charge >= 0.3 is 0 Å². The molecule has 0 atom stereocenters. The number of carbonyl (C=O) groups excluding carboxylic acids is 2. The second-order valence-electron chi connectivity index (χ2n) is 7.29. The molecule has 0 bridgehead atoms. The lowest BCUT2D eigenvalue weighted by atomic mass is 10.2. The maximum absolute atomic E-state index is 13.2. The summed E-state index contributed by atoms with van der Waals surface area (Å²) in [6.45, 7) is 1.51. The lowest BCUT2D eigenvalue weighted by molar-refractivity contribution is -0.132. The predicted molar refractivity (Wildman–Crippen MR) is 118 cm³/mol. The Bertz CT molecular complexity index is 1020. The standard InChI is InChI=1S/C21H26ClN3O6S/c1-30-13-4-8-25(32(28,29)18-6-2-5-17(22)15-18)16-20(26)23-9-11-24(12-10-23)21(27)19-7-3-14-31-19/h2-3,5-7,14-15H,4,8-13,16H2,1H3. The van der Waals surface area contributed by atoms with E-state index in [2.05, 4.69) is 0 Å². The molecule has 0 spiro atoms. The first kappa shape index (κ1) is 24.2. The van der Waals surface area contributed by atoms with Gasteiger partial charge in [0.15, 0.2) is 5.76 Å².